The minimum atomic E-state index is 0. The number of hydrogen-bond acceptors (Lipinski definition) is 3. The highest BCUT2D eigenvalue weighted by molar-refractivity contribution is 5.85. The maximum Gasteiger partial charge on any atom is 0.119 e. The lowest BCUT2D eigenvalue weighted by molar-refractivity contribution is 0.301. The number of aryl methyl sites for hydroxylation is 1. The third-order valence-corrected chi connectivity index (χ3v) is 2.45. The maximum atomic E-state index is 5.61. The topological polar surface area (TPSA) is 36.3 Å². The van der Waals surface area contributed by atoms with Gasteiger partial charge in [-0.25, -0.2) is 4.98 Å². The summed E-state index contributed by atoms with van der Waals surface area (Å²) in [4.78, 5) is 3.99. The second-order valence-electron chi connectivity index (χ2n) is 3.68. The standard InChI is InChI=1S/C13H16N2O2.ClH/c1-16-12-3-5-13(6-4-12)17-10-2-8-15-9-7-14-11-15;/h3-7,9,11H,2,8,10H2,1H3;1H. The van der Waals surface area contributed by atoms with Gasteiger partial charge in [-0.1, -0.05) is 0 Å². The molecule has 0 unspecified atom stereocenters. The van der Waals surface area contributed by atoms with Gasteiger partial charge in [0.15, 0.2) is 0 Å². The average Bonchev–Trinajstić information content (AvgIpc) is 2.88. The van der Waals surface area contributed by atoms with Crippen LogP contribution in [-0.4, -0.2) is 23.3 Å². The zero-order valence-electron chi connectivity index (χ0n) is 10.3. The molecule has 0 bridgehead atoms. The van der Waals surface area contributed by atoms with Gasteiger partial charge in [0.1, 0.15) is 11.5 Å². The van der Waals surface area contributed by atoms with Gasteiger partial charge in [0.25, 0.3) is 0 Å². The summed E-state index contributed by atoms with van der Waals surface area (Å²) in [6.45, 7) is 1.63. The SMILES string of the molecule is COc1ccc(OCCCn2ccnc2)cc1.Cl. The predicted molar refractivity (Wildman–Crippen MR) is 72.6 cm³/mol. The molecule has 0 aliphatic heterocycles. The number of halogens is 1. The van der Waals surface area contributed by atoms with E-state index in [1.807, 2.05) is 41.4 Å². The van der Waals surface area contributed by atoms with Crippen LogP contribution in [0.4, 0.5) is 0 Å². The number of ether oxygens (including phenoxy) is 2. The lowest BCUT2D eigenvalue weighted by atomic mass is 10.3. The maximum absolute atomic E-state index is 5.61. The molecule has 0 radical (unpaired) electrons. The molecule has 0 fully saturated rings. The van der Waals surface area contributed by atoms with Crippen molar-refractivity contribution in [1.82, 2.24) is 9.55 Å². The molecule has 0 amide bonds. The van der Waals surface area contributed by atoms with Crippen LogP contribution in [0.1, 0.15) is 6.42 Å². The molecule has 0 N–H and O–H groups in total. The molecule has 0 aliphatic rings. The summed E-state index contributed by atoms with van der Waals surface area (Å²) in [5.74, 6) is 1.71. The third-order valence-electron chi connectivity index (χ3n) is 2.45. The molecule has 2 aromatic rings. The Kier molecular flexibility index (Phi) is 6.08. The monoisotopic (exact) mass is 268 g/mol. The van der Waals surface area contributed by atoms with Crippen LogP contribution in [0.25, 0.3) is 0 Å². The van der Waals surface area contributed by atoms with Gasteiger partial charge in [0.2, 0.25) is 0 Å². The van der Waals surface area contributed by atoms with Gasteiger partial charge in [0.05, 0.1) is 20.0 Å². The van der Waals surface area contributed by atoms with Crippen LogP contribution < -0.4 is 9.47 Å². The number of aromatic nitrogens is 2. The molecule has 0 spiro atoms. The van der Waals surface area contributed by atoms with Crippen molar-refractivity contribution in [2.24, 2.45) is 0 Å². The van der Waals surface area contributed by atoms with Gasteiger partial charge >= 0.3 is 0 Å². The summed E-state index contributed by atoms with van der Waals surface area (Å²) in [6, 6.07) is 7.61. The van der Waals surface area contributed by atoms with Gasteiger partial charge in [-0.3, -0.25) is 0 Å². The third kappa shape index (κ3) is 4.30. The van der Waals surface area contributed by atoms with Gasteiger partial charge < -0.3 is 14.0 Å². The molecule has 1 heterocycles. The Labute approximate surface area is 113 Å². The summed E-state index contributed by atoms with van der Waals surface area (Å²) in [5, 5.41) is 0. The second kappa shape index (κ2) is 7.61. The summed E-state index contributed by atoms with van der Waals surface area (Å²) in [5.41, 5.74) is 0. The van der Waals surface area contributed by atoms with Crippen molar-refractivity contribution in [2.75, 3.05) is 13.7 Å². The molecule has 4 nitrogen and oxygen atoms in total. The molecule has 0 saturated heterocycles. The van der Waals surface area contributed by atoms with E-state index in [0.717, 1.165) is 24.5 Å². The fourth-order valence-corrected chi connectivity index (χ4v) is 1.53. The summed E-state index contributed by atoms with van der Waals surface area (Å²) in [6.07, 6.45) is 6.51. The molecule has 0 aliphatic carbocycles. The van der Waals surface area contributed by atoms with Crippen LogP contribution in [0.2, 0.25) is 0 Å². The molecule has 0 atom stereocenters. The number of imidazole rings is 1. The minimum Gasteiger partial charge on any atom is -0.497 e. The first-order valence-electron chi connectivity index (χ1n) is 5.61. The molecule has 0 saturated carbocycles. The van der Waals surface area contributed by atoms with Gasteiger partial charge in [-0.2, -0.15) is 0 Å². The highest BCUT2D eigenvalue weighted by Gasteiger charge is 1.95. The van der Waals surface area contributed by atoms with Crippen LogP contribution in [-0.2, 0) is 6.54 Å². The van der Waals surface area contributed by atoms with Crippen LogP contribution in [0.3, 0.4) is 0 Å². The second-order valence-corrected chi connectivity index (χ2v) is 3.68. The Morgan fingerprint density at radius 1 is 1.17 bits per heavy atom. The van der Waals surface area contributed by atoms with E-state index < -0.39 is 0 Å². The Hall–Kier alpha value is -1.68. The van der Waals surface area contributed by atoms with Crippen LogP contribution in [0, 0.1) is 0 Å². The van der Waals surface area contributed by atoms with Crippen molar-refractivity contribution < 1.29 is 9.47 Å². The Morgan fingerprint density at radius 2 is 1.89 bits per heavy atom. The van der Waals surface area contributed by atoms with E-state index in [2.05, 4.69) is 4.98 Å². The normalized spacial score (nSPS) is 9.61. The van der Waals surface area contributed by atoms with Gasteiger partial charge in [0, 0.05) is 18.9 Å². The largest absolute Gasteiger partial charge is 0.497 e. The first-order valence-corrected chi connectivity index (χ1v) is 5.61. The van der Waals surface area contributed by atoms with E-state index in [9.17, 15) is 0 Å². The van der Waals surface area contributed by atoms with Crippen LogP contribution in [0.15, 0.2) is 43.0 Å². The number of benzene rings is 1. The zero-order valence-corrected chi connectivity index (χ0v) is 11.1. The first kappa shape index (κ1) is 14.4. The highest BCUT2D eigenvalue weighted by Crippen LogP contribution is 2.16. The number of rotatable bonds is 6. The summed E-state index contributed by atoms with van der Waals surface area (Å²) >= 11 is 0. The van der Waals surface area contributed by atoms with Crippen molar-refractivity contribution in [3.63, 3.8) is 0 Å². The molecule has 5 heteroatoms. The van der Waals surface area contributed by atoms with E-state index in [4.69, 9.17) is 9.47 Å². The van der Waals surface area contributed by atoms with Crippen molar-refractivity contribution in [2.45, 2.75) is 13.0 Å². The van der Waals surface area contributed by atoms with Crippen molar-refractivity contribution in [1.29, 1.82) is 0 Å². The quantitative estimate of drug-likeness (QED) is 0.756. The summed E-state index contributed by atoms with van der Waals surface area (Å²) in [7, 11) is 1.65. The highest BCUT2D eigenvalue weighted by atomic mass is 35.5. The van der Waals surface area contributed by atoms with E-state index in [0.29, 0.717) is 6.61 Å². The lowest BCUT2D eigenvalue weighted by Gasteiger charge is -2.07. The smallest absolute Gasteiger partial charge is 0.119 e. The molecule has 98 valence electrons. The fraction of sp³-hybridized carbons (Fsp3) is 0.308. The summed E-state index contributed by atoms with van der Waals surface area (Å²) < 4.78 is 12.7. The Balaban J connectivity index is 0.00000162. The Bertz CT molecular complexity index is 429. The predicted octanol–water partition coefficient (Wildman–Crippen LogP) is 2.78. The molecular weight excluding hydrogens is 252 g/mol. The molecule has 18 heavy (non-hydrogen) atoms. The minimum absolute atomic E-state index is 0. The fourth-order valence-electron chi connectivity index (χ4n) is 1.53. The number of hydrogen-bond donors (Lipinski definition) is 0. The Morgan fingerprint density at radius 3 is 2.50 bits per heavy atom. The molecule has 2 rings (SSSR count). The molecule has 1 aromatic heterocycles. The van der Waals surface area contributed by atoms with Crippen molar-refractivity contribution >= 4 is 12.4 Å². The van der Waals surface area contributed by atoms with Gasteiger partial charge in [-0.15, -0.1) is 12.4 Å². The van der Waals surface area contributed by atoms with Crippen molar-refractivity contribution in [3.05, 3.63) is 43.0 Å². The van der Waals surface area contributed by atoms with E-state index >= 15 is 0 Å². The van der Waals surface area contributed by atoms with Crippen molar-refractivity contribution in [3.8, 4) is 11.5 Å². The van der Waals surface area contributed by atoms with Gasteiger partial charge in [-0.05, 0) is 30.7 Å². The number of methoxy groups -OCH3 is 1. The lowest BCUT2D eigenvalue weighted by Crippen LogP contribution is -2.02. The van der Waals surface area contributed by atoms with E-state index in [1.54, 1.807) is 13.3 Å². The van der Waals surface area contributed by atoms with Crippen LogP contribution in [0.5, 0.6) is 11.5 Å². The van der Waals surface area contributed by atoms with E-state index in [-0.39, 0.29) is 12.4 Å². The molecular formula is C13H17ClN2O2. The van der Waals surface area contributed by atoms with Crippen LogP contribution >= 0.6 is 12.4 Å². The molecule has 1 aromatic carbocycles. The number of nitrogens with zero attached hydrogens (tertiary/aromatic N) is 2. The average molecular weight is 269 g/mol. The van der Waals surface area contributed by atoms with E-state index in [1.165, 1.54) is 0 Å². The first-order chi connectivity index (χ1) is 8.38. The zero-order chi connectivity index (χ0) is 11.9.